The largest absolute Gasteiger partial charge is 0.497 e. The minimum atomic E-state index is 0.0342. The van der Waals surface area contributed by atoms with Crippen molar-refractivity contribution in [1.82, 2.24) is 9.88 Å². The van der Waals surface area contributed by atoms with Crippen LogP contribution in [0.25, 0.3) is 0 Å². The minimum Gasteiger partial charge on any atom is -0.497 e. The zero-order valence-corrected chi connectivity index (χ0v) is 15.0. The number of nitrogens with zero attached hydrogens (tertiary/aromatic N) is 2. The van der Waals surface area contributed by atoms with Gasteiger partial charge in [-0.3, -0.25) is 4.98 Å². The molecule has 0 unspecified atom stereocenters. The Morgan fingerprint density at radius 2 is 2.08 bits per heavy atom. The van der Waals surface area contributed by atoms with E-state index < -0.39 is 0 Å². The van der Waals surface area contributed by atoms with Gasteiger partial charge in [-0.1, -0.05) is 12.1 Å². The average molecular weight is 345 g/mol. The zero-order chi connectivity index (χ0) is 17.4. The molecule has 1 aromatic carbocycles. The zero-order valence-electron chi connectivity index (χ0n) is 14.2. The molecule has 6 heteroatoms. The topological polar surface area (TPSA) is 46.6 Å². The van der Waals surface area contributed by atoms with Gasteiger partial charge in [-0.2, -0.15) is 0 Å². The molecule has 0 amide bonds. The Morgan fingerprint density at radius 3 is 2.75 bits per heavy atom. The van der Waals surface area contributed by atoms with Crippen molar-refractivity contribution in [2.75, 3.05) is 32.7 Å². The van der Waals surface area contributed by atoms with Crippen LogP contribution in [0.5, 0.6) is 5.75 Å². The second-order valence-electron chi connectivity index (χ2n) is 5.28. The van der Waals surface area contributed by atoms with E-state index in [0.717, 1.165) is 17.1 Å². The molecule has 0 radical (unpaired) electrons. The molecule has 0 aliphatic rings. The molecule has 1 aromatic heterocycles. The van der Waals surface area contributed by atoms with E-state index >= 15 is 0 Å². The number of rotatable bonds is 7. The Bertz CT molecular complexity index is 652. The lowest BCUT2D eigenvalue weighted by molar-refractivity contribution is 0.164. The van der Waals surface area contributed by atoms with Crippen molar-refractivity contribution in [3.05, 3.63) is 54.4 Å². The van der Waals surface area contributed by atoms with Crippen LogP contribution in [0.2, 0.25) is 0 Å². The van der Waals surface area contributed by atoms with Crippen LogP contribution in [0, 0.1) is 0 Å². The molecule has 0 spiro atoms. The highest BCUT2D eigenvalue weighted by Gasteiger charge is 2.19. The molecule has 0 aliphatic carbocycles. The third kappa shape index (κ3) is 4.91. The van der Waals surface area contributed by atoms with Crippen LogP contribution in [0.15, 0.2) is 48.7 Å². The molecule has 5 nitrogen and oxygen atoms in total. The molecule has 24 heavy (non-hydrogen) atoms. The Balaban J connectivity index is 2.15. The number of ether oxygens (including phenoxy) is 2. The highest BCUT2D eigenvalue weighted by Crippen LogP contribution is 2.21. The van der Waals surface area contributed by atoms with Gasteiger partial charge < -0.3 is 19.7 Å². The van der Waals surface area contributed by atoms with Crippen LogP contribution in [0.1, 0.15) is 18.7 Å². The van der Waals surface area contributed by atoms with Crippen LogP contribution in [-0.2, 0) is 4.74 Å². The average Bonchev–Trinajstić information content (AvgIpc) is 2.62. The fourth-order valence-corrected chi connectivity index (χ4v) is 2.71. The second kappa shape index (κ2) is 9.20. The van der Waals surface area contributed by atoms with Gasteiger partial charge in [-0.15, -0.1) is 0 Å². The van der Waals surface area contributed by atoms with Crippen molar-refractivity contribution in [3.8, 4) is 5.75 Å². The number of methoxy groups -OCH3 is 2. The Kier molecular flexibility index (Phi) is 6.96. The van der Waals surface area contributed by atoms with E-state index in [1.807, 2.05) is 42.5 Å². The standard InChI is InChI=1S/C18H23N3O2S/c1-14(17-9-4-5-10-19-17)21(11-12-22-2)18(24)20-15-7-6-8-16(13-15)23-3/h4-10,13-14H,11-12H2,1-3H3,(H,20,24)/t14-/m0/s1. The van der Waals surface area contributed by atoms with Crippen molar-refractivity contribution in [2.45, 2.75) is 13.0 Å². The molecular formula is C18H23N3O2S. The molecule has 1 heterocycles. The summed E-state index contributed by atoms with van der Waals surface area (Å²) in [6, 6.07) is 13.6. The number of hydrogen-bond acceptors (Lipinski definition) is 4. The van der Waals surface area contributed by atoms with Crippen molar-refractivity contribution < 1.29 is 9.47 Å². The lowest BCUT2D eigenvalue weighted by atomic mass is 10.2. The summed E-state index contributed by atoms with van der Waals surface area (Å²) < 4.78 is 10.5. The Morgan fingerprint density at radius 1 is 1.25 bits per heavy atom. The fourth-order valence-electron chi connectivity index (χ4n) is 2.34. The molecule has 0 bridgehead atoms. The molecule has 0 aliphatic heterocycles. The predicted octanol–water partition coefficient (Wildman–Crippen LogP) is 3.50. The van der Waals surface area contributed by atoms with Crippen molar-refractivity contribution in [2.24, 2.45) is 0 Å². The smallest absolute Gasteiger partial charge is 0.174 e. The summed E-state index contributed by atoms with van der Waals surface area (Å²) in [5, 5.41) is 3.89. The maximum absolute atomic E-state index is 5.62. The number of anilines is 1. The van der Waals surface area contributed by atoms with Gasteiger partial charge in [0.15, 0.2) is 5.11 Å². The summed E-state index contributed by atoms with van der Waals surface area (Å²) in [4.78, 5) is 6.50. The first kappa shape index (κ1) is 18.2. The van der Waals surface area contributed by atoms with Gasteiger partial charge in [0.2, 0.25) is 0 Å². The van der Waals surface area contributed by atoms with E-state index in [2.05, 4.69) is 22.1 Å². The fraction of sp³-hybridized carbons (Fsp3) is 0.333. The molecule has 1 atom stereocenters. The quantitative estimate of drug-likeness (QED) is 0.775. The Hall–Kier alpha value is -2.18. The lowest BCUT2D eigenvalue weighted by Gasteiger charge is -2.31. The summed E-state index contributed by atoms with van der Waals surface area (Å²) in [6.45, 7) is 3.33. The first-order valence-corrected chi connectivity index (χ1v) is 8.18. The van der Waals surface area contributed by atoms with Gasteiger partial charge in [0.05, 0.1) is 25.5 Å². The van der Waals surface area contributed by atoms with Gasteiger partial charge in [0, 0.05) is 31.6 Å². The van der Waals surface area contributed by atoms with Crippen molar-refractivity contribution >= 4 is 23.0 Å². The molecule has 2 aromatic rings. The normalized spacial score (nSPS) is 11.6. The highest BCUT2D eigenvalue weighted by molar-refractivity contribution is 7.80. The summed E-state index contributed by atoms with van der Waals surface area (Å²) in [5.41, 5.74) is 1.85. The summed E-state index contributed by atoms with van der Waals surface area (Å²) in [5.74, 6) is 0.781. The van der Waals surface area contributed by atoms with Crippen LogP contribution < -0.4 is 10.1 Å². The highest BCUT2D eigenvalue weighted by atomic mass is 32.1. The third-order valence-electron chi connectivity index (χ3n) is 3.70. The number of aromatic nitrogens is 1. The first-order chi connectivity index (χ1) is 11.7. The molecular weight excluding hydrogens is 322 g/mol. The van der Waals surface area contributed by atoms with E-state index in [1.54, 1.807) is 20.4 Å². The lowest BCUT2D eigenvalue weighted by Crippen LogP contribution is -2.39. The van der Waals surface area contributed by atoms with Crippen LogP contribution in [0.4, 0.5) is 5.69 Å². The van der Waals surface area contributed by atoms with Gasteiger partial charge >= 0.3 is 0 Å². The molecule has 0 saturated heterocycles. The monoisotopic (exact) mass is 345 g/mol. The number of hydrogen-bond donors (Lipinski definition) is 1. The second-order valence-corrected chi connectivity index (χ2v) is 5.67. The first-order valence-electron chi connectivity index (χ1n) is 7.77. The van der Waals surface area contributed by atoms with Gasteiger partial charge in [-0.25, -0.2) is 0 Å². The van der Waals surface area contributed by atoms with Crippen LogP contribution in [0.3, 0.4) is 0 Å². The van der Waals surface area contributed by atoms with Crippen LogP contribution >= 0.6 is 12.2 Å². The van der Waals surface area contributed by atoms with Gasteiger partial charge in [0.1, 0.15) is 5.75 Å². The minimum absolute atomic E-state index is 0.0342. The molecule has 2 rings (SSSR count). The summed E-state index contributed by atoms with van der Waals surface area (Å²) in [6.07, 6.45) is 1.79. The predicted molar refractivity (Wildman–Crippen MR) is 100 cm³/mol. The van der Waals surface area contributed by atoms with E-state index in [0.29, 0.717) is 18.3 Å². The summed E-state index contributed by atoms with van der Waals surface area (Å²) in [7, 11) is 3.33. The molecule has 0 saturated carbocycles. The van der Waals surface area contributed by atoms with Crippen LogP contribution in [-0.4, -0.2) is 42.4 Å². The van der Waals surface area contributed by atoms with Gasteiger partial charge in [0.25, 0.3) is 0 Å². The Labute approximate surface area is 148 Å². The van der Waals surface area contributed by atoms with E-state index in [-0.39, 0.29) is 6.04 Å². The van der Waals surface area contributed by atoms with E-state index in [9.17, 15) is 0 Å². The van der Waals surface area contributed by atoms with Crippen molar-refractivity contribution in [1.29, 1.82) is 0 Å². The molecule has 128 valence electrons. The third-order valence-corrected chi connectivity index (χ3v) is 4.04. The number of thiocarbonyl (C=S) groups is 1. The molecule has 0 fully saturated rings. The maximum atomic E-state index is 5.62. The number of nitrogens with one attached hydrogen (secondary N) is 1. The molecule has 1 N–H and O–H groups in total. The number of benzene rings is 1. The number of pyridine rings is 1. The maximum Gasteiger partial charge on any atom is 0.174 e. The van der Waals surface area contributed by atoms with E-state index in [4.69, 9.17) is 21.7 Å². The van der Waals surface area contributed by atoms with Crippen molar-refractivity contribution in [3.63, 3.8) is 0 Å². The summed E-state index contributed by atoms with van der Waals surface area (Å²) >= 11 is 5.62. The van der Waals surface area contributed by atoms with Gasteiger partial charge in [-0.05, 0) is 43.4 Å². The van der Waals surface area contributed by atoms with E-state index in [1.165, 1.54) is 0 Å². The SMILES string of the molecule is COCCN(C(=S)Nc1cccc(OC)c1)[C@@H](C)c1ccccn1.